The molecule has 0 bridgehead atoms. The Morgan fingerprint density at radius 1 is 1.54 bits per heavy atom. The SMILES string of the molecule is CCC(=O)c1ccc(F)c(SC)c1. The van der Waals surface area contributed by atoms with Gasteiger partial charge in [-0.05, 0) is 24.5 Å². The number of Topliss-reactive ketones (excluding diaryl/α,β-unsaturated/α-hetero) is 1. The Hall–Kier alpha value is -0.830. The van der Waals surface area contributed by atoms with E-state index in [4.69, 9.17) is 0 Å². The molecule has 0 amide bonds. The van der Waals surface area contributed by atoms with Crippen LogP contribution >= 0.6 is 11.8 Å². The minimum Gasteiger partial charge on any atom is -0.294 e. The second kappa shape index (κ2) is 4.42. The third kappa shape index (κ3) is 2.31. The molecule has 1 aromatic carbocycles. The van der Waals surface area contributed by atoms with Crippen molar-refractivity contribution in [2.75, 3.05) is 6.26 Å². The van der Waals surface area contributed by atoms with E-state index in [0.29, 0.717) is 16.9 Å². The molecule has 0 unspecified atom stereocenters. The first-order valence-corrected chi connectivity index (χ1v) is 5.28. The van der Waals surface area contributed by atoms with E-state index in [0.717, 1.165) is 0 Å². The van der Waals surface area contributed by atoms with Crippen molar-refractivity contribution in [3.8, 4) is 0 Å². The fourth-order valence-corrected chi connectivity index (χ4v) is 1.55. The highest BCUT2D eigenvalue weighted by atomic mass is 32.2. The Bertz CT molecular complexity index is 323. The highest BCUT2D eigenvalue weighted by molar-refractivity contribution is 7.98. The number of carbonyl (C=O) groups is 1. The van der Waals surface area contributed by atoms with E-state index in [-0.39, 0.29) is 11.6 Å². The van der Waals surface area contributed by atoms with Gasteiger partial charge in [-0.25, -0.2) is 4.39 Å². The Morgan fingerprint density at radius 3 is 2.77 bits per heavy atom. The monoisotopic (exact) mass is 198 g/mol. The fourth-order valence-electron chi connectivity index (χ4n) is 1.04. The summed E-state index contributed by atoms with van der Waals surface area (Å²) < 4.78 is 13.0. The largest absolute Gasteiger partial charge is 0.294 e. The number of ketones is 1. The van der Waals surface area contributed by atoms with E-state index < -0.39 is 0 Å². The smallest absolute Gasteiger partial charge is 0.162 e. The van der Waals surface area contributed by atoms with Crippen LogP contribution < -0.4 is 0 Å². The van der Waals surface area contributed by atoms with Crippen molar-refractivity contribution in [3.63, 3.8) is 0 Å². The molecular formula is C10H11FOS. The van der Waals surface area contributed by atoms with Crippen LogP contribution in [0.4, 0.5) is 4.39 Å². The van der Waals surface area contributed by atoms with E-state index in [9.17, 15) is 9.18 Å². The van der Waals surface area contributed by atoms with Gasteiger partial charge in [0.25, 0.3) is 0 Å². The minimum atomic E-state index is -0.264. The van der Waals surface area contributed by atoms with Crippen LogP contribution in [0, 0.1) is 5.82 Å². The zero-order valence-electron chi connectivity index (χ0n) is 7.63. The maximum atomic E-state index is 13.0. The molecule has 0 fully saturated rings. The lowest BCUT2D eigenvalue weighted by Crippen LogP contribution is -1.97. The summed E-state index contributed by atoms with van der Waals surface area (Å²) in [5, 5.41) is 0. The van der Waals surface area contributed by atoms with E-state index in [1.165, 1.54) is 23.9 Å². The molecule has 0 aliphatic heterocycles. The Labute approximate surface area is 81.3 Å². The number of halogens is 1. The third-order valence-corrected chi connectivity index (χ3v) is 2.55. The van der Waals surface area contributed by atoms with Gasteiger partial charge in [0.15, 0.2) is 5.78 Å². The molecule has 0 aromatic heterocycles. The topological polar surface area (TPSA) is 17.1 Å². The molecule has 0 radical (unpaired) electrons. The van der Waals surface area contributed by atoms with Gasteiger partial charge in [0.1, 0.15) is 5.82 Å². The molecule has 0 aliphatic rings. The van der Waals surface area contributed by atoms with Gasteiger partial charge in [-0.15, -0.1) is 11.8 Å². The Balaban J connectivity index is 3.06. The van der Waals surface area contributed by atoms with Crippen molar-refractivity contribution in [2.24, 2.45) is 0 Å². The molecule has 1 nitrogen and oxygen atoms in total. The molecule has 0 spiro atoms. The zero-order valence-corrected chi connectivity index (χ0v) is 8.45. The van der Waals surface area contributed by atoms with Crippen LogP contribution in [0.25, 0.3) is 0 Å². The highest BCUT2D eigenvalue weighted by Gasteiger charge is 2.06. The summed E-state index contributed by atoms with van der Waals surface area (Å²) in [4.78, 5) is 11.8. The molecule has 1 rings (SSSR count). The van der Waals surface area contributed by atoms with Crippen molar-refractivity contribution in [3.05, 3.63) is 29.6 Å². The van der Waals surface area contributed by atoms with E-state index in [2.05, 4.69) is 0 Å². The average molecular weight is 198 g/mol. The van der Waals surface area contributed by atoms with E-state index >= 15 is 0 Å². The molecule has 0 aliphatic carbocycles. The first-order chi connectivity index (χ1) is 6.19. The maximum Gasteiger partial charge on any atom is 0.162 e. The summed E-state index contributed by atoms with van der Waals surface area (Å²) in [7, 11) is 0. The summed E-state index contributed by atoms with van der Waals surface area (Å²) >= 11 is 1.31. The molecule has 0 saturated heterocycles. The van der Waals surface area contributed by atoms with Crippen molar-refractivity contribution in [1.29, 1.82) is 0 Å². The van der Waals surface area contributed by atoms with Gasteiger partial charge < -0.3 is 0 Å². The fraction of sp³-hybridized carbons (Fsp3) is 0.300. The normalized spacial score (nSPS) is 10.1. The third-order valence-electron chi connectivity index (χ3n) is 1.79. The van der Waals surface area contributed by atoms with Crippen LogP contribution in [0.1, 0.15) is 23.7 Å². The summed E-state index contributed by atoms with van der Waals surface area (Å²) in [5.41, 5.74) is 0.591. The van der Waals surface area contributed by atoms with Gasteiger partial charge >= 0.3 is 0 Å². The molecule has 0 N–H and O–H groups in total. The summed E-state index contributed by atoms with van der Waals surface area (Å²) in [6.45, 7) is 1.80. The number of hydrogen-bond acceptors (Lipinski definition) is 2. The number of rotatable bonds is 3. The van der Waals surface area contributed by atoms with E-state index in [1.54, 1.807) is 19.2 Å². The number of hydrogen-bond donors (Lipinski definition) is 0. The second-order valence-corrected chi connectivity index (χ2v) is 3.47. The quantitative estimate of drug-likeness (QED) is 0.548. The van der Waals surface area contributed by atoms with Gasteiger partial charge in [0.05, 0.1) is 0 Å². The maximum absolute atomic E-state index is 13.0. The summed E-state index contributed by atoms with van der Waals surface area (Å²) in [6, 6.07) is 4.47. The number of benzene rings is 1. The lowest BCUT2D eigenvalue weighted by atomic mass is 10.1. The van der Waals surface area contributed by atoms with Gasteiger partial charge in [0.2, 0.25) is 0 Å². The molecule has 1 aromatic rings. The van der Waals surface area contributed by atoms with Crippen LogP contribution in [0.2, 0.25) is 0 Å². The molecule has 0 atom stereocenters. The van der Waals surface area contributed by atoms with Gasteiger partial charge in [0, 0.05) is 16.9 Å². The number of carbonyl (C=O) groups excluding carboxylic acids is 1. The average Bonchev–Trinajstić information content (AvgIpc) is 2.17. The minimum absolute atomic E-state index is 0.0512. The zero-order chi connectivity index (χ0) is 9.84. The van der Waals surface area contributed by atoms with Crippen molar-refractivity contribution in [2.45, 2.75) is 18.2 Å². The predicted octanol–water partition coefficient (Wildman–Crippen LogP) is 3.14. The molecule has 0 heterocycles. The molecular weight excluding hydrogens is 187 g/mol. The van der Waals surface area contributed by atoms with Crippen LogP contribution in [0.15, 0.2) is 23.1 Å². The van der Waals surface area contributed by atoms with E-state index in [1.807, 2.05) is 0 Å². The number of thioether (sulfide) groups is 1. The second-order valence-electron chi connectivity index (χ2n) is 2.63. The van der Waals surface area contributed by atoms with Gasteiger partial charge in [-0.3, -0.25) is 4.79 Å². The standard InChI is InChI=1S/C10H11FOS/c1-3-9(12)7-4-5-8(11)10(6-7)13-2/h4-6H,3H2,1-2H3. The first kappa shape index (κ1) is 10.3. The highest BCUT2D eigenvalue weighted by Crippen LogP contribution is 2.20. The summed E-state index contributed by atoms with van der Waals surface area (Å²) in [6.07, 6.45) is 2.25. The van der Waals surface area contributed by atoms with Crippen molar-refractivity contribution < 1.29 is 9.18 Å². The van der Waals surface area contributed by atoms with Gasteiger partial charge in [-0.2, -0.15) is 0 Å². The Morgan fingerprint density at radius 2 is 2.23 bits per heavy atom. The predicted molar refractivity (Wildman–Crippen MR) is 52.8 cm³/mol. The molecule has 0 saturated carbocycles. The van der Waals surface area contributed by atoms with Crippen molar-refractivity contribution in [1.82, 2.24) is 0 Å². The Kier molecular flexibility index (Phi) is 3.48. The summed E-state index contributed by atoms with van der Waals surface area (Å²) in [5.74, 6) is -0.213. The van der Waals surface area contributed by atoms with Crippen molar-refractivity contribution >= 4 is 17.5 Å². The molecule has 3 heteroatoms. The lowest BCUT2D eigenvalue weighted by Gasteiger charge is -2.02. The van der Waals surface area contributed by atoms with Crippen LogP contribution in [0.3, 0.4) is 0 Å². The van der Waals surface area contributed by atoms with Crippen LogP contribution in [-0.2, 0) is 0 Å². The molecule has 70 valence electrons. The van der Waals surface area contributed by atoms with Crippen LogP contribution in [0.5, 0.6) is 0 Å². The molecule has 13 heavy (non-hydrogen) atoms. The lowest BCUT2D eigenvalue weighted by molar-refractivity contribution is 0.0988. The van der Waals surface area contributed by atoms with Crippen LogP contribution in [-0.4, -0.2) is 12.0 Å². The first-order valence-electron chi connectivity index (χ1n) is 4.05. The van der Waals surface area contributed by atoms with Gasteiger partial charge in [-0.1, -0.05) is 6.92 Å².